The SMILES string of the molecule is CCCCCC[N+](C)(C)CCl.[I-]. The molecule has 0 heterocycles. The molecule has 0 aromatic carbocycles. The Morgan fingerprint density at radius 1 is 1.08 bits per heavy atom. The van der Waals surface area contributed by atoms with Crippen LogP contribution in [-0.4, -0.2) is 31.1 Å². The number of hydrogen-bond donors (Lipinski definition) is 0. The Balaban J connectivity index is 0. The van der Waals surface area contributed by atoms with Gasteiger partial charge < -0.3 is 28.5 Å². The molecule has 76 valence electrons. The zero-order valence-corrected chi connectivity index (χ0v) is 11.4. The van der Waals surface area contributed by atoms with Gasteiger partial charge in [0, 0.05) is 0 Å². The molecule has 0 aliphatic heterocycles. The maximum absolute atomic E-state index is 5.78. The van der Waals surface area contributed by atoms with Gasteiger partial charge in [0.15, 0.2) is 6.00 Å². The molecule has 1 nitrogen and oxygen atoms in total. The summed E-state index contributed by atoms with van der Waals surface area (Å²) in [5.74, 6) is 0. The molecule has 0 aromatic heterocycles. The molecule has 0 aromatic rings. The number of hydrogen-bond acceptors (Lipinski definition) is 0. The molecule has 0 fully saturated rings. The summed E-state index contributed by atoms with van der Waals surface area (Å²) in [7, 11) is 4.36. The van der Waals surface area contributed by atoms with Crippen LogP contribution >= 0.6 is 11.6 Å². The maximum Gasteiger partial charge on any atom is 0.154 e. The second-order valence-electron chi connectivity index (χ2n) is 3.84. The minimum atomic E-state index is 0. The third-order valence-electron chi connectivity index (χ3n) is 1.94. The van der Waals surface area contributed by atoms with Gasteiger partial charge in [-0.2, -0.15) is 0 Å². The van der Waals surface area contributed by atoms with Crippen LogP contribution < -0.4 is 24.0 Å². The fraction of sp³-hybridized carbons (Fsp3) is 1.00. The first-order chi connectivity index (χ1) is 5.12. The van der Waals surface area contributed by atoms with E-state index in [9.17, 15) is 0 Å². The van der Waals surface area contributed by atoms with Crippen molar-refractivity contribution in [2.45, 2.75) is 32.6 Å². The van der Waals surface area contributed by atoms with Crippen molar-refractivity contribution < 1.29 is 28.5 Å². The van der Waals surface area contributed by atoms with Crippen LogP contribution in [0.25, 0.3) is 0 Å². The number of nitrogens with zero attached hydrogens (tertiary/aromatic N) is 1. The van der Waals surface area contributed by atoms with Gasteiger partial charge in [-0.05, 0) is 12.8 Å². The van der Waals surface area contributed by atoms with Gasteiger partial charge in [-0.25, -0.2) is 0 Å². The molecule has 0 N–H and O–H groups in total. The second kappa shape index (κ2) is 8.57. The Labute approximate surface area is 99.1 Å². The van der Waals surface area contributed by atoms with Crippen LogP contribution in [0.5, 0.6) is 0 Å². The van der Waals surface area contributed by atoms with E-state index in [2.05, 4.69) is 21.0 Å². The van der Waals surface area contributed by atoms with E-state index in [1.807, 2.05) is 0 Å². The van der Waals surface area contributed by atoms with E-state index in [1.165, 1.54) is 32.2 Å². The summed E-state index contributed by atoms with van der Waals surface area (Å²) in [5.41, 5.74) is 0. The van der Waals surface area contributed by atoms with E-state index in [4.69, 9.17) is 11.6 Å². The molecule has 0 radical (unpaired) electrons. The van der Waals surface area contributed by atoms with Gasteiger partial charge in [-0.3, -0.25) is 0 Å². The summed E-state index contributed by atoms with van der Waals surface area (Å²) in [4.78, 5) is 0. The van der Waals surface area contributed by atoms with Gasteiger partial charge in [0.2, 0.25) is 0 Å². The standard InChI is InChI=1S/C9H21ClN.HI/c1-4-5-6-7-8-11(2,3)9-10;/h4-9H2,1-3H3;1H/q+1;/p-1. The average molecular weight is 306 g/mol. The lowest BCUT2D eigenvalue weighted by molar-refractivity contribution is -0.879. The van der Waals surface area contributed by atoms with E-state index in [0.29, 0.717) is 0 Å². The van der Waals surface area contributed by atoms with Crippen LogP contribution in [-0.2, 0) is 0 Å². The van der Waals surface area contributed by atoms with E-state index in [0.717, 1.165) is 10.5 Å². The van der Waals surface area contributed by atoms with Crippen molar-refractivity contribution in [1.82, 2.24) is 0 Å². The fourth-order valence-corrected chi connectivity index (χ4v) is 1.15. The summed E-state index contributed by atoms with van der Waals surface area (Å²) in [5, 5.41) is 0. The molecular formula is C9H21ClIN. The van der Waals surface area contributed by atoms with Gasteiger partial charge in [0.25, 0.3) is 0 Å². The third-order valence-corrected chi connectivity index (χ3v) is 2.59. The molecular weight excluding hydrogens is 284 g/mol. The number of rotatable bonds is 6. The first kappa shape index (κ1) is 15.5. The summed E-state index contributed by atoms with van der Waals surface area (Å²) < 4.78 is 0.950. The fourth-order valence-electron chi connectivity index (χ4n) is 1.03. The van der Waals surface area contributed by atoms with Crippen molar-refractivity contribution in [2.24, 2.45) is 0 Å². The van der Waals surface area contributed by atoms with E-state index in [-0.39, 0.29) is 24.0 Å². The number of alkyl halides is 1. The monoisotopic (exact) mass is 305 g/mol. The van der Waals surface area contributed by atoms with Crippen molar-refractivity contribution in [3.8, 4) is 0 Å². The largest absolute Gasteiger partial charge is 1.00 e. The summed E-state index contributed by atoms with van der Waals surface area (Å²) in [6.07, 6.45) is 5.35. The van der Waals surface area contributed by atoms with E-state index in [1.54, 1.807) is 0 Å². The Morgan fingerprint density at radius 3 is 2.08 bits per heavy atom. The molecule has 0 unspecified atom stereocenters. The molecule has 0 aliphatic rings. The van der Waals surface area contributed by atoms with Gasteiger partial charge >= 0.3 is 0 Å². The van der Waals surface area contributed by atoms with Crippen molar-refractivity contribution >= 4 is 11.6 Å². The molecule has 0 aliphatic carbocycles. The normalized spacial score (nSPS) is 11.0. The quantitative estimate of drug-likeness (QED) is 0.210. The number of halogens is 2. The lowest BCUT2D eigenvalue weighted by atomic mass is 10.2. The van der Waals surface area contributed by atoms with Crippen LogP contribution in [0.4, 0.5) is 0 Å². The first-order valence-corrected chi connectivity index (χ1v) is 5.04. The Hall–Kier alpha value is 0.980. The molecule has 12 heavy (non-hydrogen) atoms. The average Bonchev–Trinajstić information content (AvgIpc) is 1.99. The topological polar surface area (TPSA) is 0 Å². The highest BCUT2D eigenvalue weighted by Gasteiger charge is 2.10. The lowest BCUT2D eigenvalue weighted by Crippen LogP contribution is -3.00. The third kappa shape index (κ3) is 9.07. The minimum Gasteiger partial charge on any atom is -1.00 e. The first-order valence-electron chi connectivity index (χ1n) is 4.50. The van der Waals surface area contributed by atoms with E-state index < -0.39 is 0 Å². The van der Waals surface area contributed by atoms with Crippen LogP contribution in [0.3, 0.4) is 0 Å². The highest BCUT2D eigenvalue weighted by atomic mass is 127. The van der Waals surface area contributed by atoms with Crippen molar-refractivity contribution in [2.75, 3.05) is 26.6 Å². The molecule has 0 rings (SSSR count). The Kier molecular flexibility index (Phi) is 11.0. The van der Waals surface area contributed by atoms with Gasteiger partial charge in [-0.15, -0.1) is 0 Å². The van der Waals surface area contributed by atoms with Gasteiger partial charge in [0.1, 0.15) is 0 Å². The summed E-state index contributed by atoms with van der Waals surface area (Å²) in [6, 6.07) is 0.728. The highest BCUT2D eigenvalue weighted by molar-refractivity contribution is 6.16. The molecule has 0 bridgehead atoms. The predicted molar refractivity (Wildman–Crippen MR) is 51.8 cm³/mol. The smallest absolute Gasteiger partial charge is 0.154 e. The Bertz CT molecular complexity index is 96.5. The van der Waals surface area contributed by atoms with Crippen molar-refractivity contribution in [3.05, 3.63) is 0 Å². The van der Waals surface area contributed by atoms with Gasteiger partial charge in [-0.1, -0.05) is 31.4 Å². The number of quaternary nitrogens is 1. The van der Waals surface area contributed by atoms with Crippen LogP contribution in [0.15, 0.2) is 0 Å². The van der Waals surface area contributed by atoms with Crippen LogP contribution in [0.2, 0.25) is 0 Å². The molecule has 3 heteroatoms. The molecule has 0 saturated carbocycles. The van der Waals surface area contributed by atoms with Crippen LogP contribution in [0.1, 0.15) is 32.6 Å². The van der Waals surface area contributed by atoms with E-state index >= 15 is 0 Å². The summed E-state index contributed by atoms with van der Waals surface area (Å²) in [6.45, 7) is 3.45. The zero-order chi connectivity index (χ0) is 8.74. The number of unbranched alkanes of at least 4 members (excludes halogenated alkanes) is 3. The summed E-state index contributed by atoms with van der Waals surface area (Å²) >= 11 is 5.78. The Morgan fingerprint density at radius 2 is 1.67 bits per heavy atom. The second-order valence-corrected chi connectivity index (χ2v) is 4.08. The zero-order valence-electron chi connectivity index (χ0n) is 8.45. The maximum atomic E-state index is 5.78. The van der Waals surface area contributed by atoms with Gasteiger partial charge in [0.05, 0.1) is 20.6 Å². The van der Waals surface area contributed by atoms with Crippen LogP contribution in [0, 0.1) is 0 Å². The lowest BCUT2D eigenvalue weighted by Gasteiger charge is -2.26. The molecule has 0 spiro atoms. The molecule has 0 atom stereocenters. The predicted octanol–water partition coefficient (Wildman–Crippen LogP) is -0.157. The van der Waals surface area contributed by atoms with Crippen molar-refractivity contribution in [1.29, 1.82) is 0 Å². The molecule has 0 amide bonds. The molecule has 0 saturated heterocycles. The van der Waals surface area contributed by atoms with Crippen molar-refractivity contribution in [3.63, 3.8) is 0 Å². The minimum absolute atomic E-state index is 0. The highest BCUT2D eigenvalue weighted by Crippen LogP contribution is 2.05.